The quantitative estimate of drug-likeness (QED) is 0.838. The van der Waals surface area contributed by atoms with E-state index in [1.54, 1.807) is 6.92 Å². The van der Waals surface area contributed by atoms with Gasteiger partial charge in [0.05, 0.1) is 16.9 Å². The highest BCUT2D eigenvalue weighted by Crippen LogP contribution is 2.45. The summed E-state index contributed by atoms with van der Waals surface area (Å²) in [5, 5.41) is 3.87. The van der Waals surface area contributed by atoms with Crippen molar-refractivity contribution < 1.29 is 22.6 Å². The van der Waals surface area contributed by atoms with Crippen molar-refractivity contribution in [3.05, 3.63) is 17.5 Å². The van der Waals surface area contributed by atoms with E-state index in [1.807, 2.05) is 27.7 Å². The number of hydrogen-bond acceptors (Lipinski definition) is 3. The third-order valence-electron chi connectivity index (χ3n) is 3.83. The second-order valence-electron chi connectivity index (χ2n) is 6.07. The number of nitrogens with zero attached hydrogens (tertiary/aromatic N) is 2. The SMILES string of the molecule is Cc1nn(CC(F)(F)F)cc1C1OC(C)(C)C(C)(C)O1. The Morgan fingerprint density at radius 1 is 1.20 bits per heavy atom. The first kappa shape index (κ1) is 15.3. The van der Waals surface area contributed by atoms with E-state index in [4.69, 9.17) is 9.47 Å². The van der Waals surface area contributed by atoms with Gasteiger partial charge in [-0.1, -0.05) is 0 Å². The lowest BCUT2D eigenvalue weighted by Crippen LogP contribution is -2.41. The van der Waals surface area contributed by atoms with E-state index in [0.717, 1.165) is 4.68 Å². The molecule has 0 radical (unpaired) electrons. The van der Waals surface area contributed by atoms with Gasteiger partial charge in [0.2, 0.25) is 0 Å². The summed E-state index contributed by atoms with van der Waals surface area (Å²) in [6.07, 6.45) is -3.65. The van der Waals surface area contributed by atoms with Crippen LogP contribution in [0.3, 0.4) is 0 Å². The zero-order valence-electron chi connectivity index (χ0n) is 12.2. The summed E-state index contributed by atoms with van der Waals surface area (Å²) >= 11 is 0. The normalized spacial score (nSPS) is 22.4. The van der Waals surface area contributed by atoms with Gasteiger partial charge in [0.25, 0.3) is 0 Å². The molecule has 0 aliphatic carbocycles. The van der Waals surface area contributed by atoms with Crippen molar-refractivity contribution in [1.82, 2.24) is 9.78 Å². The van der Waals surface area contributed by atoms with Crippen molar-refractivity contribution in [2.75, 3.05) is 0 Å². The van der Waals surface area contributed by atoms with Gasteiger partial charge in [0.1, 0.15) is 6.54 Å². The molecule has 1 aliphatic rings. The molecule has 0 unspecified atom stereocenters. The van der Waals surface area contributed by atoms with Gasteiger partial charge in [-0.3, -0.25) is 4.68 Å². The fourth-order valence-electron chi connectivity index (χ4n) is 2.00. The largest absolute Gasteiger partial charge is 0.408 e. The van der Waals surface area contributed by atoms with Crippen molar-refractivity contribution in [1.29, 1.82) is 0 Å². The molecular formula is C13H19F3N2O2. The van der Waals surface area contributed by atoms with Crippen LogP contribution in [0, 0.1) is 6.92 Å². The Morgan fingerprint density at radius 2 is 1.70 bits per heavy atom. The number of rotatable bonds is 2. The predicted molar refractivity (Wildman–Crippen MR) is 66.1 cm³/mol. The molecule has 1 fully saturated rings. The lowest BCUT2D eigenvalue weighted by Gasteiger charge is -2.30. The fourth-order valence-corrected chi connectivity index (χ4v) is 2.00. The first-order valence-corrected chi connectivity index (χ1v) is 6.38. The van der Waals surface area contributed by atoms with Gasteiger partial charge in [-0.25, -0.2) is 0 Å². The summed E-state index contributed by atoms with van der Waals surface area (Å²) in [5.41, 5.74) is -0.0485. The van der Waals surface area contributed by atoms with Gasteiger partial charge in [0, 0.05) is 11.8 Å². The van der Waals surface area contributed by atoms with Crippen LogP contribution in [0.2, 0.25) is 0 Å². The number of aromatic nitrogens is 2. The Bertz CT molecular complexity index is 490. The van der Waals surface area contributed by atoms with Crippen LogP contribution in [0.5, 0.6) is 0 Å². The molecule has 0 spiro atoms. The minimum atomic E-state index is -4.30. The van der Waals surface area contributed by atoms with E-state index in [9.17, 15) is 13.2 Å². The molecule has 1 aromatic heterocycles. The van der Waals surface area contributed by atoms with Gasteiger partial charge in [-0.05, 0) is 34.6 Å². The van der Waals surface area contributed by atoms with Crippen molar-refractivity contribution in [3.63, 3.8) is 0 Å². The van der Waals surface area contributed by atoms with Crippen molar-refractivity contribution >= 4 is 0 Å². The molecule has 0 atom stereocenters. The zero-order valence-corrected chi connectivity index (χ0v) is 12.2. The Labute approximate surface area is 115 Å². The van der Waals surface area contributed by atoms with Gasteiger partial charge in [-0.15, -0.1) is 0 Å². The molecule has 2 heterocycles. The molecule has 1 aliphatic heterocycles. The summed E-state index contributed by atoms with van der Waals surface area (Å²) in [5.74, 6) is 0. The Kier molecular flexibility index (Phi) is 3.41. The van der Waals surface area contributed by atoms with E-state index < -0.39 is 30.2 Å². The number of hydrogen-bond donors (Lipinski definition) is 0. The molecule has 0 aromatic carbocycles. The minimum Gasteiger partial charge on any atom is -0.339 e. The number of aryl methyl sites for hydroxylation is 1. The topological polar surface area (TPSA) is 36.3 Å². The second-order valence-corrected chi connectivity index (χ2v) is 6.07. The molecule has 0 N–H and O–H groups in total. The van der Waals surface area contributed by atoms with E-state index in [-0.39, 0.29) is 0 Å². The predicted octanol–water partition coefficient (Wildman–Crippen LogP) is 3.36. The molecule has 114 valence electrons. The standard InChI is InChI=1S/C13H19F3N2O2/c1-8-9(6-18(17-8)7-13(14,15)16)10-19-11(2,3)12(4,5)20-10/h6,10H,7H2,1-5H3. The van der Waals surface area contributed by atoms with Gasteiger partial charge < -0.3 is 9.47 Å². The van der Waals surface area contributed by atoms with Crippen LogP contribution in [0.1, 0.15) is 45.2 Å². The average Bonchev–Trinajstić information content (AvgIpc) is 2.63. The van der Waals surface area contributed by atoms with Gasteiger partial charge in [0.15, 0.2) is 6.29 Å². The van der Waals surface area contributed by atoms with E-state index >= 15 is 0 Å². The summed E-state index contributed by atoms with van der Waals surface area (Å²) in [6, 6.07) is 0. The third-order valence-corrected chi connectivity index (χ3v) is 3.83. The highest BCUT2D eigenvalue weighted by Gasteiger charge is 2.50. The van der Waals surface area contributed by atoms with Crippen LogP contribution in [0.15, 0.2) is 6.20 Å². The molecule has 4 nitrogen and oxygen atoms in total. The fraction of sp³-hybridized carbons (Fsp3) is 0.769. The van der Waals surface area contributed by atoms with Crippen LogP contribution in [0.25, 0.3) is 0 Å². The molecule has 0 bridgehead atoms. The molecule has 2 rings (SSSR count). The summed E-state index contributed by atoms with van der Waals surface area (Å²) in [7, 11) is 0. The highest BCUT2D eigenvalue weighted by molar-refractivity contribution is 5.19. The van der Waals surface area contributed by atoms with Crippen molar-refractivity contribution in [2.24, 2.45) is 0 Å². The van der Waals surface area contributed by atoms with Gasteiger partial charge in [-0.2, -0.15) is 18.3 Å². The minimum absolute atomic E-state index is 0.479. The van der Waals surface area contributed by atoms with E-state index in [2.05, 4.69) is 5.10 Å². The summed E-state index contributed by atoms with van der Waals surface area (Å²) in [6.45, 7) is 8.09. The lowest BCUT2D eigenvalue weighted by atomic mass is 9.90. The van der Waals surface area contributed by atoms with Crippen LogP contribution in [-0.2, 0) is 16.0 Å². The first-order chi connectivity index (χ1) is 8.91. The molecule has 20 heavy (non-hydrogen) atoms. The number of halogens is 3. The molecule has 1 aromatic rings. The molecule has 0 saturated carbocycles. The monoisotopic (exact) mass is 292 g/mol. The molecule has 0 amide bonds. The Balaban J connectivity index is 2.23. The highest BCUT2D eigenvalue weighted by atomic mass is 19.4. The van der Waals surface area contributed by atoms with Crippen LogP contribution >= 0.6 is 0 Å². The van der Waals surface area contributed by atoms with Crippen molar-refractivity contribution in [3.8, 4) is 0 Å². The molecule has 7 heteroatoms. The zero-order chi connectivity index (χ0) is 15.3. The van der Waals surface area contributed by atoms with Crippen LogP contribution in [0.4, 0.5) is 13.2 Å². The van der Waals surface area contributed by atoms with E-state index in [1.165, 1.54) is 6.20 Å². The average molecular weight is 292 g/mol. The number of ether oxygens (including phenoxy) is 2. The second kappa shape index (κ2) is 4.46. The van der Waals surface area contributed by atoms with Gasteiger partial charge >= 0.3 is 6.18 Å². The third kappa shape index (κ3) is 2.83. The maximum absolute atomic E-state index is 12.4. The van der Waals surface area contributed by atoms with Crippen LogP contribution in [-0.4, -0.2) is 27.2 Å². The number of alkyl halides is 3. The maximum Gasteiger partial charge on any atom is 0.408 e. The summed E-state index contributed by atoms with van der Waals surface area (Å²) < 4.78 is 49.7. The first-order valence-electron chi connectivity index (χ1n) is 6.38. The molecule has 1 saturated heterocycles. The Morgan fingerprint density at radius 3 is 2.15 bits per heavy atom. The Hall–Kier alpha value is -1.08. The molecular weight excluding hydrogens is 273 g/mol. The smallest absolute Gasteiger partial charge is 0.339 e. The van der Waals surface area contributed by atoms with E-state index in [0.29, 0.717) is 11.3 Å². The lowest BCUT2D eigenvalue weighted by molar-refractivity contribution is -0.142. The maximum atomic E-state index is 12.4. The summed E-state index contributed by atoms with van der Waals surface area (Å²) in [4.78, 5) is 0. The van der Waals surface area contributed by atoms with Crippen molar-refractivity contribution in [2.45, 2.75) is 64.8 Å². The van der Waals surface area contributed by atoms with Crippen LogP contribution < -0.4 is 0 Å².